The third kappa shape index (κ3) is 5.66. The second kappa shape index (κ2) is 10.4. The number of hydrogen-bond acceptors (Lipinski definition) is 4. The third-order valence-electron chi connectivity index (χ3n) is 6.04. The van der Waals surface area contributed by atoms with E-state index in [2.05, 4.69) is 16.2 Å². The van der Waals surface area contributed by atoms with Crippen molar-refractivity contribution in [3.8, 4) is 0 Å². The smallest absolute Gasteiger partial charge is 0.251 e. The molecule has 1 heterocycles. The molecular weight excluding hydrogens is 412 g/mol. The number of nitrogens with zero attached hydrogens (tertiary/aromatic N) is 1. The van der Waals surface area contributed by atoms with Crippen LogP contribution in [0.1, 0.15) is 38.7 Å². The molecule has 6 nitrogen and oxygen atoms in total. The van der Waals surface area contributed by atoms with Gasteiger partial charge >= 0.3 is 0 Å². The van der Waals surface area contributed by atoms with Crippen molar-refractivity contribution in [2.24, 2.45) is 5.92 Å². The number of hydrazine groups is 1. The van der Waals surface area contributed by atoms with E-state index in [0.717, 1.165) is 22.3 Å². The van der Waals surface area contributed by atoms with Crippen LogP contribution in [0.4, 0.5) is 0 Å². The molecule has 2 amide bonds. The molecule has 3 aromatic carbocycles. The molecule has 170 valence electrons. The topological polar surface area (TPSA) is 73.5 Å². The van der Waals surface area contributed by atoms with E-state index in [9.17, 15) is 9.59 Å². The molecule has 0 aliphatic carbocycles. The van der Waals surface area contributed by atoms with Crippen molar-refractivity contribution < 1.29 is 9.59 Å². The van der Waals surface area contributed by atoms with Gasteiger partial charge in [0.25, 0.3) is 5.91 Å². The van der Waals surface area contributed by atoms with E-state index in [4.69, 9.17) is 0 Å². The average molecular weight is 443 g/mol. The van der Waals surface area contributed by atoms with Crippen molar-refractivity contribution in [2.45, 2.75) is 26.1 Å². The van der Waals surface area contributed by atoms with Crippen LogP contribution in [-0.4, -0.2) is 30.3 Å². The summed E-state index contributed by atoms with van der Waals surface area (Å²) in [6, 6.07) is 25.5. The minimum absolute atomic E-state index is 0.0900. The summed E-state index contributed by atoms with van der Waals surface area (Å²) in [7, 11) is 1.85. The molecule has 1 aliphatic heterocycles. The summed E-state index contributed by atoms with van der Waals surface area (Å²) in [6.07, 6.45) is 0. The van der Waals surface area contributed by atoms with Gasteiger partial charge in [-0.15, -0.1) is 0 Å². The SMILES string of the molecule is Cc1ccc(C(=O)NCc2ccc(C3NNCC3C(=O)N(C)Cc3ccccc3)cc2)cc1. The highest BCUT2D eigenvalue weighted by atomic mass is 16.2. The molecule has 0 radical (unpaired) electrons. The maximum absolute atomic E-state index is 13.1. The Hall–Kier alpha value is -3.48. The van der Waals surface area contributed by atoms with Gasteiger partial charge in [-0.05, 0) is 35.7 Å². The fraction of sp³-hybridized carbons (Fsp3) is 0.259. The molecule has 0 bridgehead atoms. The number of aryl methyl sites for hydroxylation is 1. The van der Waals surface area contributed by atoms with Gasteiger partial charge in [-0.3, -0.25) is 15.0 Å². The fourth-order valence-electron chi connectivity index (χ4n) is 4.09. The van der Waals surface area contributed by atoms with Gasteiger partial charge in [0.15, 0.2) is 0 Å². The first-order valence-electron chi connectivity index (χ1n) is 11.2. The van der Waals surface area contributed by atoms with E-state index in [-0.39, 0.29) is 23.8 Å². The first-order chi connectivity index (χ1) is 16.0. The molecule has 1 saturated heterocycles. The molecule has 33 heavy (non-hydrogen) atoms. The van der Waals surface area contributed by atoms with E-state index in [1.165, 1.54) is 0 Å². The van der Waals surface area contributed by atoms with Gasteiger partial charge in [-0.25, -0.2) is 5.43 Å². The number of rotatable bonds is 7. The third-order valence-corrected chi connectivity index (χ3v) is 6.04. The highest BCUT2D eigenvalue weighted by molar-refractivity contribution is 5.94. The van der Waals surface area contributed by atoms with Crippen LogP contribution in [-0.2, 0) is 17.9 Å². The predicted octanol–water partition coefficient (Wildman–Crippen LogP) is 3.35. The zero-order valence-electron chi connectivity index (χ0n) is 19.0. The zero-order chi connectivity index (χ0) is 23.2. The van der Waals surface area contributed by atoms with E-state index >= 15 is 0 Å². The second-order valence-corrected chi connectivity index (χ2v) is 8.58. The van der Waals surface area contributed by atoms with Crippen LogP contribution in [0.5, 0.6) is 0 Å². The van der Waals surface area contributed by atoms with Crippen molar-refractivity contribution in [2.75, 3.05) is 13.6 Å². The average Bonchev–Trinajstić information content (AvgIpc) is 3.33. The van der Waals surface area contributed by atoms with Crippen LogP contribution in [0, 0.1) is 12.8 Å². The maximum atomic E-state index is 13.1. The minimum atomic E-state index is -0.189. The van der Waals surface area contributed by atoms with Crippen molar-refractivity contribution in [1.29, 1.82) is 0 Å². The summed E-state index contributed by atoms with van der Waals surface area (Å²) in [5.74, 6) is -0.172. The number of hydrogen-bond donors (Lipinski definition) is 3. The summed E-state index contributed by atoms with van der Waals surface area (Å²) in [5, 5.41) is 2.96. The molecule has 1 aliphatic rings. The van der Waals surface area contributed by atoms with Gasteiger partial charge in [-0.1, -0.05) is 72.3 Å². The summed E-state index contributed by atoms with van der Waals surface area (Å²) in [4.78, 5) is 27.3. The molecule has 1 fully saturated rings. The standard InChI is InChI=1S/C27H30N4O2/c1-19-8-12-23(13-9-19)26(32)28-16-20-10-14-22(15-11-20)25-24(17-29-30-25)27(33)31(2)18-21-6-4-3-5-7-21/h3-15,24-25,29-30H,16-18H2,1-2H3,(H,28,32). The Balaban J connectivity index is 1.35. The van der Waals surface area contributed by atoms with Crippen LogP contribution in [0.3, 0.4) is 0 Å². The summed E-state index contributed by atoms with van der Waals surface area (Å²) >= 11 is 0. The van der Waals surface area contributed by atoms with Gasteiger partial charge in [0, 0.05) is 32.2 Å². The molecule has 2 atom stereocenters. The van der Waals surface area contributed by atoms with Gasteiger partial charge in [0.1, 0.15) is 0 Å². The molecule has 2 unspecified atom stereocenters. The first kappa shape index (κ1) is 22.7. The molecule has 3 aromatic rings. The summed E-state index contributed by atoms with van der Waals surface area (Å²) < 4.78 is 0. The van der Waals surface area contributed by atoms with Gasteiger partial charge in [-0.2, -0.15) is 0 Å². The van der Waals surface area contributed by atoms with Crippen LogP contribution in [0.2, 0.25) is 0 Å². The lowest BCUT2D eigenvalue weighted by Crippen LogP contribution is -2.36. The normalized spacial score (nSPS) is 17.5. The zero-order valence-corrected chi connectivity index (χ0v) is 19.0. The monoisotopic (exact) mass is 442 g/mol. The van der Waals surface area contributed by atoms with Crippen LogP contribution in [0.15, 0.2) is 78.9 Å². The Morgan fingerprint density at radius 2 is 1.64 bits per heavy atom. The Kier molecular flexibility index (Phi) is 7.17. The van der Waals surface area contributed by atoms with Crippen molar-refractivity contribution in [1.82, 2.24) is 21.1 Å². The van der Waals surface area contributed by atoms with E-state index in [1.807, 2.05) is 92.8 Å². The Bertz CT molecular complexity index is 1080. The van der Waals surface area contributed by atoms with Crippen molar-refractivity contribution in [3.63, 3.8) is 0 Å². The van der Waals surface area contributed by atoms with E-state index in [0.29, 0.717) is 25.2 Å². The maximum Gasteiger partial charge on any atom is 0.251 e. The van der Waals surface area contributed by atoms with Gasteiger partial charge in [0.05, 0.1) is 12.0 Å². The first-order valence-corrected chi connectivity index (χ1v) is 11.2. The van der Waals surface area contributed by atoms with Crippen LogP contribution >= 0.6 is 0 Å². The summed E-state index contributed by atoms with van der Waals surface area (Å²) in [6.45, 7) is 3.61. The Morgan fingerprint density at radius 1 is 0.939 bits per heavy atom. The largest absolute Gasteiger partial charge is 0.348 e. The lowest BCUT2D eigenvalue weighted by molar-refractivity contribution is -0.134. The van der Waals surface area contributed by atoms with E-state index in [1.54, 1.807) is 4.90 Å². The Labute approximate surface area is 195 Å². The lowest BCUT2D eigenvalue weighted by atomic mass is 9.93. The van der Waals surface area contributed by atoms with Crippen molar-refractivity contribution in [3.05, 3.63) is 107 Å². The second-order valence-electron chi connectivity index (χ2n) is 8.58. The molecule has 0 spiro atoms. The van der Waals surface area contributed by atoms with Gasteiger partial charge < -0.3 is 10.2 Å². The lowest BCUT2D eigenvalue weighted by Gasteiger charge is -2.24. The summed E-state index contributed by atoms with van der Waals surface area (Å²) in [5.41, 5.74) is 11.3. The number of carbonyl (C=O) groups excluding carboxylic acids is 2. The highest BCUT2D eigenvalue weighted by Gasteiger charge is 2.35. The van der Waals surface area contributed by atoms with Crippen molar-refractivity contribution >= 4 is 11.8 Å². The fourth-order valence-corrected chi connectivity index (χ4v) is 4.09. The molecule has 0 saturated carbocycles. The molecule has 0 aromatic heterocycles. The predicted molar refractivity (Wildman–Crippen MR) is 129 cm³/mol. The quantitative estimate of drug-likeness (QED) is 0.525. The number of benzene rings is 3. The number of amides is 2. The van der Waals surface area contributed by atoms with Crippen LogP contribution < -0.4 is 16.2 Å². The minimum Gasteiger partial charge on any atom is -0.348 e. The highest BCUT2D eigenvalue weighted by Crippen LogP contribution is 2.27. The number of nitrogens with one attached hydrogen (secondary N) is 3. The molecular formula is C27H30N4O2. The van der Waals surface area contributed by atoms with E-state index < -0.39 is 0 Å². The molecule has 6 heteroatoms. The Morgan fingerprint density at radius 3 is 2.33 bits per heavy atom. The van der Waals surface area contributed by atoms with Crippen LogP contribution in [0.25, 0.3) is 0 Å². The van der Waals surface area contributed by atoms with Gasteiger partial charge in [0.2, 0.25) is 5.91 Å². The molecule has 3 N–H and O–H groups in total. The molecule has 4 rings (SSSR count). The number of carbonyl (C=O) groups is 2.